The number of aryl methyl sites for hydroxylation is 1. The lowest BCUT2D eigenvalue weighted by molar-refractivity contribution is -0.140. The number of pyridine rings is 1. The summed E-state index contributed by atoms with van der Waals surface area (Å²) in [6.07, 6.45) is 4.23. The van der Waals surface area contributed by atoms with Crippen LogP contribution >= 0.6 is 0 Å². The van der Waals surface area contributed by atoms with E-state index in [-0.39, 0.29) is 18.2 Å². The highest BCUT2D eigenvalue weighted by Crippen LogP contribution is 2.40. The maximum absolute atomic E-state index is 13.0. The van der Waals surface area contributed by atoms with Crippen LogP contribution in [0.2, 0.25) is 0 Å². The molecule has 3 rings (SSSR count). The number of likely N-dealkylation sites (tertiary alicyclic amines) is 1. The van der Waals surface area contributed by atoms with Gasteiger partial charge in [-0.25, -0.2) is 0 Å². The second-order valence-corrected chi connectivity index (χ2v) is 6.12. The number of hydrogen-bond donors (Lipinski definition) is 0. The summed E-state index contributed by atoms with van der Waals surface area (Å²) in [5.41, 5.74) is 2.21. The summed E-state index contributed by atoms with van der Waals surface area (Å²) in [4.78, 5) is 31.0. The van der Waals surface area contributed by atoms with Crippen LogP contribution in [0.5, 0.6) is 0 Å². The normalized spacial score (nSPS) is 21.0. The topological polar surface area (TPSA) is 50.3 Å². The van der Waals surface area contributed by atoms with Crippen molar-refractivity contribution in [2.45, 2.75) is 38.6 Å². The molecule has 1 aliphatic heterocycles. The Morgan fingerprint density at radius 1 is 1.17 bits per heavy atom. The maximum atomic E-state index is 13.0. The number of nitrogens with zero attached hydrogens (tertiary/aromatic N) is 2. The number of hydrogen-bond acceptors (Lipinski definition) is 3. The average Bonchev–Trinajstić information content (AvgIpc) is 2.82. The van der Waals surface area contributed by atoms with Crippen molar-refractivity contribution >= 4 is 11.8 Å². The molecule has 1 atom stereocenters. The van der Waals surface area contributed by atoms with Gasteiger partial charge in [0, 0.05) is 18.8 Å². The molecule has 0 bridgehead atoms. The number of aromatic nitrogens is 1. The zero-order valence-electron chi connectivity index (χ0n) is 13.5. The van der Waals surface area contributed by atoms with Gasteiger partial charge in [-0.15, -0.1) is 0 Å². The second-order valence-electron chi connectivity index (χ2n) is 6.12. The molecule has 0 unspecified atom stereocenters. The Kier molecular flexibility index (Phi) is 3.99. The fraction of sp³-hybridized carbons (Fsp3) is 0.316. The van der Waals surface area contributed by atoms with Gasteiger partial charge in [0.25, 0.3) is 0 Å². The molecule has 1 aromatic carbocycles. The molecule has 2 aromatic rings. The van der Waals surface area contributed by atoms with Crippen molar-refractivity contribution in [2.75, 3.05) is 0 Å². The highest BCUT2D eigenvalue weighted by Gasteiger charge is 2.51. The molecule has 118 valence electrons. The Morgan fingerprint density at radius 3 is 2.52 bits per heavy atom. The summed E-state index contributed by atoms with van der Waals surface area (Å²) >= 11 is 0. The largest absolute Gasteiger partial charge is 0.277 e. The van der Waals surface area contributed by atoms with Crippen LogP contribution < -0.4 is 0 Å². The first-order valence-corrected chi connectivity index (χ1v) is 7.87. The number of imide groups is 1. The SMILES string of the molecule is CC[C@@]1(c2ccc(C)cc2)CC(=O)N(Cc2cccnc2)C1=O. The predicted molar refractivity (Wildman–Crippen MR) is 87.6 cm³/mol. The molecule has 0 N–H and O–H groups in total. The first kappa shape index (κ1) is 15.4. The van der Waals surface area contributed by atoms with E-state index in [9.17, 15) is 9.59 Å². The quantitative estimate of drug-likeness (QED) is 0.816. The number of amides is 2. The third kappa shape index (κ3) is 2.65. The van der Waals surface area contributed by atoms with Crippen molar-refractivity contribution < 1.29 is 9.59 Å². The fourth-order valence-corrected chi connectivity index (χ4v) is 3.21. The van der Waals surface area contributed by atoms with Gasteiger partial charge in [-0.2, -0.15) is 0 Å². The summed E-state index contributed by atoms with van der Waals surface area (Å²) in [5.74, 6) is -0.209. The molecule has 0 spiro atoms. The Balaban J connectivity index is 1.93. The number of rotatable bonds is 4. The number of carbonyl (C=O) groups is 2. The summed E-state index contributed by atoms with van der Waals surface area (Å²) in [6, 6.07) is 11.6. The van der Waals surface area contributed by atoms with Gasteiger partial charge in [-0.05, 0) is 30.5 Å². The zero-order valence-corrected chi connectivity index (χ0v) is 13.5. The van der Waals surface area contributed by atoms with E-state index in [1.54, 1.807) is 12.4 Å². The van der Waals surface area contributed by atoms with E-state index in [1.165, 1.54) is 4.90 Å². The van der Waals surface area contributed by atoms with Crippen molar-refractivity contribution in [3.05, 3.63) is 65.5 Å². The van der Waals surface area contributed by atoms with Gasteiger partial charge in [0.1, 0.15) is 0 Å². The molecular formula is C19H20N2O2. The standard InChI is InChI=1S/C19H20N2O2/c1-3-19(16-8-6-14(2)7-9-16)11-17(22)21(18(19)23)13-15-5-4-10-20-12-15/h4-10,12H,3,11,13H2,1-2H3/t19-/m0/s1. The molecule has 4 heteroatoms. The van der Waals surface area contributed by atoms with Crippen LogP contribution in [0.4, 0.5) is 0 Å². The predicted octanol–water partition coefficient (Wildman–Crippen LogP) is 3.00. The van der Waals surface area contributed by atoms with Gasteiger partial charge >= 0.3 is 0 Å². The van der Waals surface area contributed by atoms with Gasteiger partial charge in [0.15, 0.2) is 0 Å². The van der Waals surface area contributed by atoms with E-state index in [4.69, 9.17) is 0 Å². The minimum absolute atomic E-state index is 0.0993. The third-order valence-electron chi connectivity index (χ3n) is 4.68. The maximum Gasteiger partial charge on any atom is 0.240 e. The number of carbonyl (C=O) groups excluding carboxylic acids is 2. The van der Waals surface area contributed by atoms with Crippen LogP contribution in [0.15, 0.2) is 48.8 Å². The molecular weight excluding hydrogens is 288 g/mol. The van der Waals surface area contributed by atoms with E-state index < -0.39 is 5.41 Å². The molecule has 0 saturated carbocycles. The first-order chi connectivity index (χ1) is 11.1. The highest BCUT2D eigenvalue weighted by atomic mass is 16.2. The Bertz CT molecular complexity index is 725. The zero-order chi connectivity index (χ0) is 16.4. The van der Waals surface area contributed by atoms with Crippen molar-refractivity contribution in [3.8, 4) is 0 Å². The molecule has 4 nitrogen and oxygen atoms in total. The lowest BCUT2D eigenvalue weighted by Gasteiger charge is -2.26. The van der Waals surface area contributed by atoms with Crippen LogP contribution in [0.1, 0.15) is 36.5 Å². The van der Waals surface area contributed by atoms with E-state index in [2.05, 4.69) is 4.98 Å². The Hall–Kier alpha value is -2.49. The van der Waals surface area contributed by atoms with E-state index >= 15 is 0 Å². The smallest absolute Gasteiger partial charge is 0.240 e. The summed E-state index contributed by atoms with van der Waals surface area (Å²) in [5, 5.41) is 0. The average molecular weight is 308 g/mol. The first-order valence-electron chi connectivity index (χ1n) is 7.87. The van der Waals surface area contributed by atoms with Crippen LogP contribution in [-0.2, 0) is 21.5 Å². The van der Waals surface area contributed by atoms with Gasteiger partial charge in [0.2, 0.25) is 11.8 Å². The molecule has 1 aliphatic rings. The van der Waals surface area contributed by atoms with Crippen LogP contribution in [-0.4, -0.2) is 21.7 Å². The van der Waals surface area contributed by atoms with Crippen molar-refractivity contribution in [1.82, 2.24) is 9.88 Å². The molecule has 1 saturated heterocycles. The minimum atomic E-state index is -0.729. The second kappa shape index (κ2) is 5.95. The number of benzene rings is 1. The minimum Gasteiger partial charge on any atom is -0.277 e. The Labute approximate surface area is 136 Å². The molecule has 1 aromatic heterocycles. The van der Waals surface area contributed by atoms with E-state index in [0.717, 1.165) is 16.7 Å². The third-order valence-corrected chi connectivity index (χ3v) is 4.68. The molecule has 0 radical (unpaired) electrons. The van der Waals surface area contributed by atoms with E-state index in [0.29, 0.717) is 13.0 Å². The van der Waals surface area contributed by atoms with Gasteiger partial charge in [0.05, 0.1) is 12.0 Å². The fourth-order valence-electron chi connectivity index (χ4n) is 3.21. The molecule has 0 aliphatic carbocycles. The summed E-state index contributed by atoms with van der Waals surface area (Å²) in [6.45, 7) is 4.27. The van der Waals surface area contributed by atoms with Crippen LogP contribution in [0.3, 0.4) is 0 Å². The van der Waals surface area contributed by atoms with Crippen molar-refractivity contribution in [3.63, 3.8) is 0 Å². The van der Waals surface area contributed by atoms with Gasteiger partial charge in [-0.3, -0.25) is 19.5 Å². The molecule has 2 heterocycles. The lowest BCUT2D eigenvalue weighted by atomic mass is 9.76. The van der Waals surface area contributed by atoms with Crippen molar-refractivity contribution in [1.29, 1.82) is 0 Å². The molecule has 2 amide bonds. The monoisotopic (exact) mass is 308 g/mol. The van der Waals surface area contributed by atoms with Gasteiger partial charge in [-0.1, -0.05) is 42.8 Å². The Morgan fingerprint density at radius 2 is 1.91 bits per heavy atom. The molecule has 1 fully saturated rings. The van der Waals surface area contributed by atoms with E-state index in [1.807, 2.05) is 50.2 Å². The van der Waals surface area contributed by atoms with Crippen LogP contribution in [0.25, 0.3) is 0 Å². The highest BCUT2D eigenvalue weighted by molar-refractivity contribution is 6.09. The van der Waals surface area contributed by atoms with Gasteiger partial charge < -0.3 is 0 Å². The van der Waals surface area contributed by atoms with Crippen molar-refractivity contribution in [2.24, 2.45) is 0 Å². The summed E-state index contributed by atoms with van der Waals surface area (Å²) < 4.78 is 0. The molecule has 23 heavy (non-hydrogen) atoms. The van der Waals surface area contributed by atoms with Crippen LogP contribution in [0, 0.1) is 6.92 Å². The summed E-state index contributed by atoms with van der Waals surface area (Å²) in [7, 11) is 0. The lowest BCUT2D eigenvalue weighted by Crippen LogP contribution is -2.37.